The number of amides is 1. The van der Waals surface area contributed by atoms with Gasteiger partial charge in [-0.05, 0) is 42.7 Å². The van der Waals surface area contributed by atoms with E-state index in [1.165, 1.54) is 12.1 Å². The predicted molar refractivity (Wildman–Crippen MR) is 123 cm³/mol. The van der Waals surface area contributed by atoms with Crippen molar-refractivity contribution in [2.75, 3.05) is 50.8 Å². The van der Waals surface area contributed by atoms with Gasteiger partial charge in [0, 0.05) is 38.6 Å². The summed E-state index contributed by atoms with van der Waals surface area (Å²) in [5.74, 6) is -0.217. The summed E-state index contributed by atoms with van der Waals surface area (Å²) in [6.07, 6.45) is 1.51. The summed E-state index contributed by atoms with van der Waals surface area (Å²) in [6, 6.07) is 14.9. The molecule has 2 aliphatic heterocycles. The first-order valence-electron chi connectivity index (χ1n) is 11.6. The van der Waals surface area contributed by atoms with Crippen LogP contribution in [0.1, 0.15) is 24.4 Å². The van der Waals surface area contributed by atoms with Gasteiger partial charge >= 0.3 is 0 Å². The van der Waals surface area contributed by atoms with Crippen LogP contribution in [0.5, 0.6) is 0 Å². The SMILES string of the molecule is O=C(NC[C@H](c1ccc(F)cc1)N1CCOCC1)C1CCN(c2nc3ccccc3o2)CC1. The van der Waals surface area contributed by atoms with Crippen LogP contribution in [0.3, 0.4) is 0 Å². The minimum Gasteiger partial charge on any atom is -0.423 e. The number of morpholine rings is 1. The molecule has 174 valence electrons. The highest BCUT2D eigenvalue weighted by Gasteiger charge is 2.29. The standard InChI is InChI=1S/C25H29FN4O3/c26-20-7-5-18(6-8-20)22(29-13-15-32-16-14-29)17-27-24(31)19-9-11-30(12-10-19)25-28-21-3-1-2-4-23(21)33-25/h1-8,19,22H,9-17H2,(H,27,31)/t22-/m1/s1. The maximum absolute atomic E-state index is 13.4. The molecule has 2 fully saturated rings. The van der Waals surface area contributed by atoms with E-state index in [9.17, 15) is 9.18 Å². The Balaban J connectivity index is 1.18. The fourth-order valence-corrected chi connectivity index (χ4v) is 4.70. The monoisotopic (exact) mass is 452 g/mol. The quantitative estimate of drug-likeness (QED) is 0.618. The number of rotatable bonds is 6. The van der Waals surface area contributed by atoms with E-state index in [0.717, 1.165) is 55.7 Å². The average molecular weight is 453 g/mol. The Kier molecular flexibility index (Phi) is 6.55. The van der Waals surface area contributed by atoms with Crippen LogP contribution >= 0.6 is 0 Å². The highest BCUT2D eigenvalue weighted by molar-refractivity contribution is 5.79. The molecule has 2 saturated heterocycles. The Hall–Kier alpha value is -2.97. The third kappa shape index (κ3) is 5.02. The Morgan fingerprint density at radius 2 is 1.79 bits per heavy atom. The van der Waals surface area contributed by atoms with E-state index in [0.29, 0.717) is 25.8 Å². The first kappa shape index (κ1) is 21.9. The first-order chi connectivity index (χ1) is 16.2. The molecule has 2 aromatic carbocycles. The summed E-state index contributed by atoms with van der Waals surface area (Å²) in [6.45, 7) is 4.88. The molecule has 3 heterocycles. The van der Waals surface area contributed by atoms with Crippen LogP contribution in [0.2, 0.25) is 0 Å². The Labute approximate surface area is 192 Å². The summed E-state index contributed by atoms with van der Waals surface area (Å²) in [5, 5.41) is 3.17. The van der Waals surface area contributed by atoms with E-state index >= 15 is 0 Å². The molecule has 5 rings (SSSR count). The molecule has 1 N–H and O–H groups in total. The number of aromatic nitrogens is 1. The third-order valence-electron chi connectivity index (χ3n) is 6.63. The zero-order chi connectivity index (χ0) is 22.6. The summed E-state index contributed by atoms with van der Waals surface area (Å²) in [7, 11) is 0. The fraction of sp³-hybridized carbons (Fsp3) is 0.440. The lowest BCUT2D eigenvalue weighted by atomic mass is 9.95. The van der Waals surface area contributed by atoms with Crippen molar-refractivity contribution in [2.24, 2.45) is 5.92 Å². The van der Waals surface area contributed by atoms with Gasteiger partial charge in [-0.3, -0.25) is 9.69 Å². The number of oxazole rings is 1. The highest BCUT2D eigenvalue weighted by atomic mass is 19.1. The lowest BCUT2D eigenvalue weighted by molar-refractivity contribution is -0.126. The smallest absolute Gasteiger partial charge is 0.298 e. The zero-order valence-electron chi connectivity index (χ0n) is 18.6. The van der Waals surface area contributed by atoms with Crippen LogP contribution in [0.15, 0.2) is 52.9 Å². The van der Waals surface area contributed by atoms with Crippen LogP contribution in [0, 0.1) is 11.7 Å². The van der Waals surface area contributed by atoms with E-state index in [1.807, 2.05) is 24.3 Å². The van der Waals surface area contributed by atoms with Crippen LogP contribution in [-0.4, -0.2) is 61.7 Å². The van der Waals surface area contributed by atoms with Gasteiger partial charge in [-0.1, -0.05) is 24.3 Å². The maximum Gasteiger partial charge on any atom is 0.298 e. The molecular formula is C25H29FN4O3. The second-order valence-corrected chi connectivity index (χ2v) is 8.69. The van der Waals surface area contributed by atoms with Gasteiger partial charge in [0.25, 0.3) is 6.01 Å². The number of benzene rings is 2. The second kappa shape index (κ2) is 9.89. The molecule has 7 nitrogen and oxygen atoms in total. The van der Waals surface area contributed by atoms with E-state index in [-0.39, 0.29) is 23.7 Å². The number of nitrogens with one attached hydrogen (secondary N) is 1. The number of ether oxygens (including phenoxy) is 1. The van der Waals surface area contributed by atoms with Gasteiger partial charge in [0.2, 0.25) is 5.91 Å². The van der Waals surface area contributed by atoms with E-state index in [4.69, 9.17) is 9.15 Å². The van der Waals surface area contributed by atoms with Crippen LogP contribution < -0.4 is 10.2 Å². The number of piperidine rings is 1. The number of carbonyl (C=O) groups is 1. The van der Waals surface area contributed by atoms with Crippen molar-refractivity contribution in [1.29, 1.82) is 0 Å². The highest BCUT2D eigenvalue weighted by Crippen LogP contribution is 2.27. The average Bonchev–Trinajstić information content (AvgIpc) is 3.30. The van der Waals surface area contributed by atoms with Crippen LogP contribution in [0.25, 0.3) is 11.1 Å². The Morgan fingerprint density at radius 3 is 2.52 bits per heavy atom. The van der Waals surface area contributed by atoms with Gasteiger partial charge in [-0.25, -0.2) is 4.39 Å². The Morgan fingerprint density at radius 1 is 1.06 bits per heavy atom. The molecule has 0 spiro atoms. The number of hydrogen-bond acceptors (Lipinski definition) is 6. The number of para-hydroxylation sites is 2. The molecule has 1 atom stereocenters. The minimum atomic E-state index is -0.255. The molecule has 33 heavy (non-hydrogen) atoms. The summed E-state index contributed by atoms with van der Waals surface area (Å²) >= 11 is 0. The van der Waals surface area contributed by atoms with Gasteiger partial charge < -0.3 is 19.4 Å². The predicted octanol–water partition coefficient (Wildman–Crippen LogP) is 3.37. The van der Waals surface area contributed by atoms with E-state index in [2.05, 4.69) is 20.1 Å². The van der Waals surface area contributed by atoms with Crippen molar-refractivity contribution in [2.45, 2.75) is 18.9 Å². The van der Waals surface area contributed by atoms with Gasteiger partial charge in [-0.15, -0.1) is 0 Å². The lowest BCUT2D eigenvalue weighted by Crippen LogP contribution is -2.46. The lowest BCUT2D eigenvalue weighted by Gasteiger charge is -2.35. The molecule has 1 aromatic heterocycles. The second-order valence-electron chi connectivity index (χ2n) is 8.69. The summed E-state index contributed by atoms with van der Waals surface area (Å²) in [4.78, 5) is 22.0. The van der Waals surface area contributed by atoms with Gasteiger partial charge in [-0.2, -0.15) is 4.98 Å². The van der Waals surface area contributed by atoms with Crippen molar-refractivity contribution in [3.63, 3.8) is 0 Å². The van der Waals surface area contributed by atoms with Crippen molar-refractivity contribution in [1.82, 2.24) is 15.2 Å². The normalized spacial score (nSPS) is 19.0. The largest absolute Gasteiger partial charge is 0.423 e. The molecule has 0 bridgehead atoms. The summed E-state index contributed by atoms with van der Waals surface area (Å²) in [5.41, 5.74) is 2.63. The third-order valence-corrected chi connectivity index (χ3v) is 6.63. The molecule has 1 amide bonds. The van der Waals surface area contributed by atoms with Crippen molar-refractivity contribution in [3.8, 4) is 0 Å². The molecule has 0 unspecified atom stereocenters. The molecular weight excluding hydrogens is 423 g/mol. The van der Waals surface area contributed by atoms with E-state index < -0.39 is 0 Å². The molecule has 2 aliphatic rings. The number of fused-ring (bicyclic) bond motifs is 1. The number of carbonyl (C=O) groups excluding carboxylic acids is 1. The van der Waals surface area contributed by atoms with Crippen molar-refractivity contribution >= 4 is 23.0 Å². The number of halogens is 1. The van der Waals surface area contributed by atoms with Gasteiger partial charge in [0.05, 0.1) is 19.3 Å². The molecule has 0 aliphatic carbocycles. The van der Waals surface area contributed by atoms with Gasteiger partial charge in [0.1, 0.15) is 11.3 Å². The zero-order valence-corrected chi connectivity index (χ0v) is 18.6. The van der Waals surface area contributed by atoms with Gasteiger partial charge in [0.15, 0.2) is 5.58 Å². The van der Waals surface area contributed by atoms with Crippen LogP contribution in [-0.2, 0) is 9.53 Å². The maximum atomic E-state index is 13.4. The topological polar surface area (TPSA) is 70.8 Å². The summed E-state index contributed by atoms with van der Waals surface area (Å²) < 4.78 is 24.8. The van der Waals surface area contributed by atoms with Crippen molar-refractivity contribution < 1.29 is 18.3 Å². The van der Waals surface area contributed by atoms with Crippen LogP contribution in [0.4, 0.5) is 10.4 Å². The fourth-order valence-electron chi connectivity index (χ4n) is 4.70. The molecule has 0 saturated carbocycles. The number of nitrogens with zero attached hydrogens (tertiary/aromatic N) is 3. The minimum absolute atomic E-state index is 0.00159. The Bertz CT molecular complexity index is 1040. The van der Waals surface area contributed by atoms with Crippen molar-refractivity contribution in [3.05, 3.63) is 59.9 Å². The number of hydrogen-bond donors (Lipinski definition) is 1. The molecule has 8 heteroatoms. The number of anilines is 1. The molecule has 0 radical (unpaired) electrons. The molecule has 3 aromatic rings. The first-order valence-corrected chi connectivity index (χ1v) is 11.6. The van der Waals surface area contributed by atoms with E-state index in [1.54, 1.807) is 12.1 Å².